The molecule has 8 heteroatoms. The summed E-state index contributed by atoms with van der Waals surface area (Å²) >= 11 is 12.2. The summed E-state index contributed by atoms with van der Waals surface area (Å²) in [5.74, 6) is 1.15. The number of carbonyl (C=O) groups excluding carboxylic acids is 2. The maximum Gasteiger partial charge on any atom is 0.243 e. The number of amides is 2. The van der Waals surface area contributed by atoms with Crippen molar-refractivity contribution in [1.82, 2.24) is 10.2 Å². The van der Waals surface area contributed by atoms with Gasteiger partial charge in [-0.15, -0.1) is 0 Å². The second kappa shape index (κ2) is 12.9. The Morgan fingerprint density at radius 2 is 1.68 bits per heavy atom. The van der Waals surface area contributed by atoms with Gasteiger partial charge in [0.15, 0.2) is 0 Å². The van der Waals surface area contributed by atoms with Gasteiger partial charge in [0, 0.05) is 18.5 Å². The zero-order valence-electron chi connectivity index (χ0n) is 20.5. The van der Waals surface area contributed by atoms with Crippen LogP contribution in [0.1, 0.15) is 52.5 Å². The first-order valence-electron chi connectivity index (χ1n) is 11.4. The average molecular weight is 509 g/mol. The van der Waals surface area contributed by atoms with Gasteiger partial charge in [0.05, 0.1) is 23.8 Å². The smallest absolute Gasteiger partial charge is 0.243 e. The van der Waals surface area contributed by atoms with E-state index in [-0.39, 0.29) is 24.8 Å². The quantitative estimate of drug-likeness (QED) is 0.384. The first-order valence-corrected chi connectivity index (χ1v) is 12.1. The molecule has 6 nitrogen and oxygen atoms in total. The molecule has 0 aliphatic rings. The minimum absolute atomic E-state index is 0.125. The molecule has 0 bridgehead atoms. The van der Waals surface area contributed by atoms with Gasteiger partial charge in [0.25, 0.3) is 0 Å². The monoisotopic (exact) mass is 508 g/mol. The van der Waals surface area contributed by atoms with E-state index in [4.69, 9.17) is 32.7 Å². The Bertz CT molecular complexity index is 958. The van der Waals surface area contributed by atoms with Crippen LogP contribution < -0.4 is 14.8 Å². The lowest BCUT2D eigenvalue weighted by molar-refractivity contribution is -0.142. The molecule has 0 saturated carbocycles. The molecule has 0 heterocycles. The Hall–Kier alpha value is -2.44. The largest absolute Gasteiger partial charge is 0.497 e. The molecular formula is C26H34Cl2N2O4. The molecule has 186 valence electrons. The highest BCUT2D eigenvalue weighted by atomic mass is 35.5. The number of halogens is 2. The molecule has 0 aliphatic carbocycles. The Balaban J connectivity index is 2.09. The van der Waals surface area contributed by atoms with Crippen molar-refractivity contribution >= 4 is 35.0 Å². The Labute approximate surface area is 212 Å². The summed E-state index contributed by atoms with van der Waals surface area (Å²) in [6.45, 7) is 8.28. The highest BCUT2D eigenvalue weighted by Crippen LogP contribution is 2.24. The van der Waals surface area contributed by atoms with Gasteiger partial charge in [-0.3, -0.25) is 9.59 Å². The van der Waals surface area contributed by atoms with E-state index in [2.05, 4.69) is 5.32 Å². The normalized spacial score (nSPS) is 12.1. The van der Waals surface area contributed by atoms with E-state index in [1.54, 1.807) is 24.1 Å². The van der Waals surface area contributed by atoms with Gasteiger partial charge >= 0.3 is 0 Å². The molecule has 0 radical (unpaired) electrons. The number of rotatable bonds is 11. The van der Waals surface area contributed by atoms with Gasteiger partial charge in [-0.25, -0.2) is 0 Å². The van der Waals surface area contributed by atoms with Crippen LogP contribution in [0.15, 0.2) is 42.5 Å². The molecule has 0 fully saturated rings. The number of methoxy groups -OCH3 is 1. The van der Waals surface area contributed by atoms with Crippen molar-refractivity contribution < 1.29 is 19.1 Å². The maximum absolute atomic E-state index is 13.3. The number of hydrogen-bond acceptors (Lipinski definition) is 4. The van der Waals surface area contributed by atoms with Gasteiger partial charge in [0.1, 0.15) is 17.5 Å². The fourth-order valence-corrected chi connectivity index (χ4v) is 3.76. The highest BCUT2D eigenvalue weighted by molar-refractivity contribution is 6.42. The van der Waals surface area contributed by atoms with Crippen molar-refractivity contribution in [2.75, 3.05) is 13.7 Å². The molecule has 2 aromatic rings. The molecular weight excluding hydrogens is 475 g/mol. The fourth-order valence-electron chi connectivity index (χ4n) is 3.44. The van der Waals surface area contributed by atoms with Gasteiger partial charge in [-0.05, 0) is 75.6 Å². The number of nitrogens with zero attached hydrogens (tertiary/aromatic N) is 1. The number of carbonyl (C=O) groups is 2. The van der Waals surface area contributed by atoms with Gasteiger partial charge in [0.2, 0.25) is 11.8 Å². The molecule has 0 aromatic heterocycles. The number of benzene rings is 2. The van der Waals surface area contributed by atoms with E-state index >= 15 is 0 Å². The standard InChI is InChI=1S/C26H34Cl2N2O4/c1-6-23(25(32)29-26(2,3)4)30(17-18-9-14-21(27)22(28)16-18)24(31)8-7-15-34-20-12-10-19(33-5)11-13-20/h9-14,16,23H,6-8,15,17H2,1-5H3,(H,29,32)/t23-/m0/s1. The SMILES string of the molecule is CC[C@@H](C(=O)NC(C)(C)C)N(Cc1ccc(Cl)c(Cl)c1)C(=O)CCCOc1ccc(OC)cc1. The van der Waals surface area contributed by atoms with E-state index in [1.165, 1.54) is 0 Å². The molecule has 1 N–H and O–H groups in total. The minimum Gasteiger partial charge on any atom is -0.497 e. The first kappa shape index (κ1) is 27.8. The van der Waals surface area contributed by atoms with Crippen LogP contribution in [0.25, 0.3) is 0 Å². The number of ether oxygens (including phenoxy) is 2. The van der Waals surface area contributed by atoms with Crippen LogP contribution in [0.4, 0.5) is 0 Å². The lowest BCUT2D eigenvalue weighted by Gasteiger charge is -2.33. The van der Waals surface area contributed by atoms with Crippen molar-refractivity contribution in [1.29, 1.82) is 0 Å². The van der Waals surface area contributed by atoms with E-state index in [9.17, 15) is 9.59 Å². The van der Waals surface area contributed by atoms with Crippen molar-refractivity contribution in [2.24, 2.45) is 0 Å². The Kier molecular flexibility index (Phi) is 10.5. The van der Waals surface area contributed by atoms with Crippen molar-refractivity contribution in [3.63, 3.8) is 0 Å². The predicted molar refractivity (Wildman–Crippen MR) is 137 cm³/mol. The zero-order chi connectivity index (χ0) is 25.3. The fraction of sp³-hybridized carbons (Fsp3) is 0.462. The molecule has 2 rings (SSSR count). The summed E-state index contributed by atoms with van der Waals surface area (Å²) in [6.07, 6.45) is 1.24. The topological polar surface area (TPSA) is 67.9 Å². The van der Waals surface area contributed by atoms with Crippen LogP contribution in [0.3, 0.4) is 0 Å². The molecule has 0 unspecified atom stereocenters. The molecule has 1 atom stereocenters. The third-order valence-electron chi connectivity index (χ3n) is 5.08. The Morgan fingerprint density at radius 1 is 1.03 bits per heavy atom. The van der Waals surface area contributed by atoms with Crippen LogP contribution >= 0.6 is 23.2 Å². The van der Waals surface area contributed by atoms with Crippen LogP contribution in [0.2, 0.25) is 10.0 Å². The molecule has 2 aromatic carbocycles. The van der Waals surface area contributed by atoms with Gasteiger partial charge in [-0.1, -0.05) is 36.2 Å². The third kappa shape index (κ3) is 8.73. The molecule has 0 spiro atoms. The van der Waals surface area contributed by atoms with E-state index in [0.29, 0.717) is 35.2 Å². The van der Waals surface area contributed by atoms with Crippen LogP contribution in [-0.2, 0) is 16.1 Å². The summed E-state index contributed by atoms with van der Waals surface area (Å²) in [5, 5.41) is 3.85. The van der Waals surface area contributed by atoms with Gasteiger partial charge < -0.3 is 19.7 Å². The first-order chi connectivity index (χ1) is 16.0. The second-order valence-electron chi connectivity index (χ2n) is 9.06. The van der Waals surface area contributed by atoms with Crippen molar-refractivity contribution in [3.05, 3.63) is 58.1 Å². The van der Waals surface area contributed by atoms with Crippen LogP contribution in [0, 0.1) is 0 Å². The van der Waals surface area contributed by atoms with Crippen LogP contribution in [-0.4, -0.2) is 42.0 Å². The summed E-state index contributed by atoms with van der Waals surface area (Å²) < 4.78 is 10.9. The molecule has 2 amide bonds. The van der Waals surface area contributed by atoms with Crippen LogP contribution in [0.5, 0.6) is 11.5 Å². The summed E-state index contributed by atoms with van der Waals surface area (Å²) in [6, 6.07) is 11.9. The van der Waals surface area contributed by atoms with Crippen molar-refractivity contribution in [2.45, 2.75) is 65.1 Å². The van der Waals surface area contributed by atoms with Crippen molar-refractivity contribution in [3.8, 4) is 11.5 Å². The summed E-state index contributed by atoms with van der Waals surface area (Å²) in [4.78, 5) is 27.9. The minimum atomic E-state index is -0.608. The van der Waals surface area contributed by atoms with E-state index in [1.807, 2.05) is 58.0 Å². The zero-order valence-corrected chi connectivity index (χ0v) is 22.0. The second-order valence-corrected chi connectivity index (χ2v) is 9.88. The molecule has 0 saturated heterocycles. The predicted octanol–water partition coefficient (Wildman–Crippen LogP) is 5.88. The number of nitrogens with one attached hydrogen (secondary N) is 1. The Morgan fingerprint density at radius 3 is 2.24 bits per heavy atom. The highest BCUT2D eigenvalue weighted by Gasteiger charge is 2.30. The molecule has 34 heavy (non-hydrogen) atoms. The lowest BCUT2D eigenvalue weighted by Crippen LogP contribution is -2.53. The average Bonchev–Trinajstić information content (AvgIpc) is 2.78. The van der Waals surface area contributed by atoms with E-state index in [0.717, 1.165) is 11.3 Å². The summed E-state index contributed by atoms with van der Waals surface area (Å²) in [5.41, 5.74) is 0.397. The van der Waals surface area contributed by atoms with E-state index < -0.39 is 11.6 Å². The molecule has 0 aliphatic heterocycles. The maximum atomic E-state index is 13.3. The summed E-state index contributed by atoms with van der Waals surface area (Å²) in [7, 11) is 1.61. The van der Waals surface area contributed by atoms with Gasteiger partial charge in [-0.2, -0.15) is 0 Å². The number of hydrogen-bond donors (Lipinski definition) is 1. The lowest BCUT2D eigenvalue weighted by atomic mass is 10.0. The third-order valence-corrected chi connectivity index (χ3v) is 5.82.